The lowest BCUT2D eigenvalue weighted by atomic mass is 10.1. The Balaban J connectivity index is 2.18. The number of benzene rings is 2. The van der Waals surface area contributed by atoms with E-state index in [1.54, 1.807) is 24.3 Å². The quantitative estimate of drug-likeness (QED) is 0.500. The maximum Gasteiger partial charge on any atom is 0.269 e. The molecule has 2 rings (SSSR count). The summed E-state index contributed by atoms with van der Waals surface area (Å²) in [5.74, 6) is 1.40. The molecule has 0 fully saturated rings. The number of amides is 2. The first kappa shape index (κ1) is 16.7. The molecular formula is C17H13N3O4. The molecule has 0 spiro atoms. The van der Waals surface area contributed by atoms with Crippen molar-refractivity contribution >= 4 is 23.2 Å². The van der Waals surface area contributed by atoms with Crippen LogP contribution in [-0.2, 0) is 0 Å². The number of hydrogen-bond acceptors (Lipinski definition) is 4. The summed E-state index contributed by atoms with van der Waals surface area (Å²) in [5, 5.41) is 15.8. The van der Waals surface area contributed by atoms with Gasteiger partial charge in [0.05, 0.1) is 22.7 Å². The van der Waals surface area contributed by atoms with E-state index in [9.17, 15) is 19.7 Å². The Morgan fingerprint density at radius 3 is 2.38 bits per heavy atom. The minimum atomic E-state index is -0.549. The van der Waals surface area contributed by atoms with E-state index in [4.69, 9.17) is 6.42 Å². The summed E-state index contributed by atoms with van der Waals surface area (Å²) >= 11 is 0. The highest BCUT2D eigenvalue weighted by molar-refractivity contribution is 6.09. The number of carbonyl (C=O) groups excluding carboxylic acids is 2. The van der Waals surface area contributed by atoms with Gasteiger partial charge in [-0.05, 0) is 24.3 Å². The van der Waals surface area contributed by atoms with Gasteiger partial charge in [-0.3, -0.25) is 19.7 Å². The number of terminal acetylenes is 1. The number of nitro groups is 1. The van der Waals surface area contributed by atoms with Gasteiger partial charge in [-0.25, -0.2) is 0 Å². The molecule has 0 atom stereocenters. The van der Waals surface area contributed by atoms with Crippen LogP contribution >= 0.6 is 0 Å². The summed E-state index contributed by atoms with van der Waals surface area (Å²) in [6, 6.07) is 11.6. The monoisotopic (exact) mass is 323 g/mol. The number of rotatable bonds is 5. The molecule has 0 aliphatic heterocycles. The lowest BCUT2D eigenvalue weighted by molar-refractivity contribution is -0.384. The number of carbonyl (C=O) groups is 2. The van der Waals surface area contributed by atoms with Gasteiger partial charge in [0.1, 0.15) is 0 Å². The smallest absolute Gasteiger partial charge is 0.269 e. The van der Waals surface area contributed by atoms with Gasteiger partial charge in [-0.1, -0.05) is 18.1 Å². The Morgan fingerprint density at radius 1 is 1.08 bits per heavy atom. The number of nitro benzene ring substituents is 1. The first-order chi connectivity index (χ1) is 11.5. The first-order valence-corrected chi connectivity index (χ1v) is 6.89. The van der Waals surface area contributed by atoms with Crippen LogP contribution in [0.2, 0.25) is 0 Å². The van der Waals surface area contributed by atoms with Crippen LogP contribution in [0.5, 0.6) is 0 Å². The third kappa shape index (κ3) is 3.96. The first-order valence-electron chi connectivity index (χ1n) is 6.89. The van der Waals surface area contributed by atoms with Crippen LogP contribution in [0.4, 0.5) is 11.4 Å². The summed E-state index contributed by atoms with van der Waals surface area (Å²) in [6.45, 7) is 0.0729. The maximum atomic E-state index is 12.2. The van der Waals surface area contributed by atoms with Crippen molar-refractivity contribution in [1.29, 1.82) is 0 Å². The van der Waals surface area contributed by atoms with E-state index in [0.717, 1.165) is 0 Å². The van der Waals surface area contributed by atoms with Crippen molar-refractivity contribution in [2.45, 2.75) is 0 Å². The second-order valence-electron chi connectivity index (χ2n) is 4.69. The van der Waals surface area contributed by atoms with E-state index >= 15 is 0 Å². The SMILES string of the molecule is C#CCNC(=O)c1ccccc1NC(=O)c1ccc([N+](=O)[O-])cc1. The largest absolute Gasteiger partial charge is 0.341 e. The highest BCUT2D eigenvalue weighted by Gasteiger charge is 2.14. The second-order valence-corrected chi connectivity index (χ2v) is 4.69. The number of nitrogens with one attached hydrogen (secondary N) is 2. The van der Waals surface area contributed by atoms with Crippen molar-refractivity contribution < 1.29 is 14.5 Å². The third-order valence-corrected chi connectivity index (χ3v) is 3.11. The van der Waals surface area contributed by atoms with E-state index in [2.05, 4.69) is 16.6 Å². The Hall–Kier alpha value is -3.66. The van der Waals surface area contributed by atoms with Crippen LogP contribution in [-0.4, -0.2) is 23.3 Å². The van der Waals surface area contributed by atoms with Crippen molar-refractivity contribution in [3.8, 4) is 12.3 Å². The maximum absolute atomic E-state index is 12.2. The molecule has 0 saturated carbocycles. The number of nitrogens with zero attached hydrogens (tertiary/aromatic N) is 1. The average molecular weight is 323 g/mol. The lowest BCUT2D eigenvalue weighted by Crippen LogP contribution is -2.25. The van der Waals surface area contributed by atoms with Crippen molar-refractivity contribution in [3.63, 3.8) is 0 Å². The Labute approximate surface area is 137 Å². The van der Waals surface area contributed by atoms with Gasteiger partial charge in [0.2, 0.25) is 0 Å². The normalized spacial score (nSPS) is 9.62. The molecule has 2 aromatic carbocycles. The summed E-state index contributed by atoms with van der Waals surface area (Å²) in [4.78, 5) is 34.3. The molecule has 0 unspecified atom stereocenters. The number of para-hydroxylation sites is 1. The van der Waals surface area contributed by atoms with E-state index in [-0.39, 0.29) is 23.4 Å². The molecule has 0 aliphatic carbocycles. The highest BCUT2D eigenvalue weighted by atomic mass is 16.6. The van der Waals surface area contributed by atoms with Gasteiger partial charge in [0.15, 0.2) is 0 Å². The van der Waals surface area contributed by atoms with E-state index in [0.29, 0.717) is 5.69 Å². The van der Waals surface area contributed by atoms with Crippen LogP contribution in [0.3, 0.4) is 0 Å². The van der Waals surface area contributed by atoms with Gasteiger partial charge in [-0.2, -0.15) is 0 Å². The number of anilines is 1. The van der Waals surface area contributed by atoms with Crippen LogP contribution in [0.25, 0.3) is 0 Å². The zero-order valence-corrected chi connectivity index (χ0v) is 12.5. The van der Waals surface area contributed by atoms with Gasteiger partial charge < -0.3 is 10.6 Å². The second kappa shape index (κ2) is 7.56. The topological polar surface area (TPSA) is 101 Å². The molecule has 0 saturated heterocycles. The van der Waals surface area contributed by atoms with Crippen LogP contribution in [0, 0.1) is 22.5 Å². The molecule has 0 aromatic heterocycles. The predicted molar refractivity (Wildman–Crippen MR) is 88.7 cm³/mol. The molecule has 0 radical (unpaired) electrons. The van der Waals surface area contributed by atoms with Crippen LogP contribution in [0.15, 0.2) is 48.5 Å². The van der Waals surface area contributed by atoms with E-state index < -0.39 is 16.7 Å². The van der Waals surface area contributed by atoms with Crippen molar-refractivity contribution in [2.24, 2.45) is 0 Å². The fourth-order valence-electron chi connectivity index (χ4n) is 1.95. The standard InChI is InChI=1S/C17H13N3O4/c1-2-11-18-17(22)14-5-3-4-6-15(14)19-16(21)12-7-9-13(10-8-12)20(23)24/h1,3-10H,11H2,(H,18,22)(H,19,21). The summed E-state index contributed by atoms with van der Waals surface area (Å²) in [5.41, 5.74) is 0.707. The van der Waals surface area contributed by atoms with Gasteiger partial charge in [0.25, 0.3) is 17.5 Å². The Morgan fingerprint density at radius 2 is 1.75 bits per heavy atom. The molecule has 2 N–H and O–H groups in total. The van der Waals surface area contributed by atoms with E-state index in [1.165, 1.54) is 24.3 Å². The third-order valence-electron chi connectivity index (χ3n) is 3.11. The van der Waals surface area contributed by atoms with Gasteiger partial charge >= 0.3 is 0 Å². The van der Waals surface area contributed by atoms with Crippen molar-refractivity contribution in [3.05, 3.63) is 69.8 Å². The molecule has 0 heterocycles. The van der Waals surface area contributed by atoms with Crippen molar-refractivity contribution in [2.75, 3.05) is 11.9 Å². The van der Waals surface area contributed by atoms with E-state index in [1.807, 2.05) is 0 Å². The summed E-state index contributed by atoms with van der Waals surface area (Å²) < 4.78 is 0. The molecular weight excluding hydrogens is 310 g/mol. The number of non-ortho nitro benzene ring substituents is 1. The predicted octanol–water partition coefficient (Wildman–Crippen LogP) is 2.21. The Bertz CT molecular complexity index is 822. The molecule has 0 bridgehead atoms. The Kier molecular flexibility index (Phi) is 5.26. The minimum absolute atomic E-state index is 0.0729. The molecule has 2 amide bonds. The molecule has 24 heavy (non-hydrogen) atoms. The van der Waals surface area contributed by atoms with Crippen LogP contribution < -0.4 is 10.6 Å². The van der Waals surface area contributed by atoms with Crippen molar-refractivity contribution in [1.82, 2.24) is 5.32 Å². The number of hydrogen-bond donors (Lipinski definition) is 2. The lowest BCUT2D eigenvalue weighted by Gasteiger charge is -2.10. The highest BCUT2D eigenvalue weighted by Crippen LogP contribution is 2.17. The zero-order chi connectivity index (χ0) is 17.5. The molecule has 7 heteroatoms. The van der Waals surface area contributed by atoms with Crippen LogP contribution in [0.1, 0.15) is 20.7 Å². The molecule has 2 aromatic rings. The molecule has 120 valence electrons. The molecule has 0 aliphatic rings. The summed E-state index contributed by atoms with van der Waals surface area (Å²) in [7, 11) is 0. The fourth-order valence-corrected chi connectivity index (χ4v) is 1.95. The average Bonchev–Trinajstić information content (AvgIpc) is 2.60. The van der Waals surface area contributed by atoms with Gasteiger partial charge in [-0.15, -0.1) is 6.42 Å². The fraction of sp³-hybridized carbons (Fsp3) is 0.0588. The molecule has 7 nitrogen and oxygen atoms in total. The zero-order valence-electron chi connectivity index (χ0n) is 12.5. The van der Waals surface area contributed by atoms with Gasteiger partial charge in [0, 0.05) is 17.7 Å². The minimum Gasteiger partial charge on any atom is -0.341 e. The summed E-state index contributed by atoms with van der Waals surface area (Å²) in [6.07, 6.45) is 5.10.